The molecule has 4 heteroatoms. The minimum Gasteiger partial charge on any atom is -0.369 e. The van der Waals surface area contributed by atoms with Crippen LogP contribution in [0.2, 0.25) is 5.02 Å². The molecule has 15 heavy (non-hydrogen) atoms. The van der Waals surface area contributed by atoms with Crippen molar-refractivity contribution >= 4 is 17.4 Å². The van der Waals surface area contributed by atoms with Gasteiger partial charge < -0.3 is 4.74 Å². The summed E-state index contributed by atoms with van der Waals surface area (Å²) in [6, 6.07) is 4.15. The lowest BCUT2D eigenvalue weighted by Crippen LogP contribution is -2.13. The highest BCUT2D eigenvalue weighted by Crippen LogP contribution is 2.24. The van der Waals surface area contributed by atoms with Crippen molar-refractivity contribution in [3.05, 3.63) is 34.6 Å². The molecule has 0 N–H and O–H groups in total. The monoisotopic (exact) mass is 230 g/mol. The number of methoxy groups -OCH3 is 1. The number of halogens is 2. The van der Waals surface area contributed by atoms with Crippen LogP contribution in [0.5, 0.6) is 0 Å². The number of carbonyl (C=O) groups is 1. The first-order chi connectivity index (χ1) is 7.10. The number of hydrogen-bond acceptors (Lipinski definition) is 2. The number of carbonyl (C=O) groups excluding carboxylic acids is 1. The Labute approximate surface area is 93.0 Å². The zero-order valence-corrected chi connectivity index (χ0v) is 9.34. The average molecular weight is 231 g/mol. The standard InChI is InChI=1S/C11H12ClFO2/c1-3-10(14)11(15-2)7-4-5-9(13)8(12)6-7/h4-6,11H,3H2,1-2H3. The maximum absolute atomic E-state index is 12.9. The van der Waals surface area contributed by atoms with Gasteiger partial charge in [0.1, 0.15) is 11.9 Å². The van der Waals surface area contributed by atoms with Crippen LogP contribution in [-0.2, 0) is 9.53 Å². The van der Waals surface area contributed by atoms with Crippen molar-refractivity contribution in [3.63, 3.8) is 0 Å². The number of rotatable bonds is 4. The SMILES string of the molecule is CCC(=O)C(OC)c1ccc(F)c(Cl)c1. The molecular weight excluding hydrogens is 219 g/mol. The minimum atomic E-state index is -0.659. The van der Waals surface area contributed by atoms with Gasteiger partial charge in [-0.3, -0.25) is 4.79 Å². The van der Waals surface area contributed by atoms with Gasteiger partial charge in [-0.15, -0.1) is 0 Å². The Hall–Kier alpha value is -0.930. The molecule has 0 spiro atoms. The van der Waals surface area contributed by atoms with Gasteiger partial charge >= 0.3 is 0 Å². The average Bonchev–Trinajstić information content (AvgIpc) is 2.24. The van der Waals surface area contributed by atoms with Gasteiger partial charge in [-0.05, 0) is 17.7 Å². The molecule has 0 amide bonds. The quantitative estimate of drug-likeness (QED) is 0.794. The fourth-order valence-electron chi connectivity index (χ4n) is 1.31. The van der Waals surface area contributed by atoms with Crippen molar-refractivity contribution in [2.24, 2.45) is 0 Å². The summed E-state index contributed by atoms with van der Waals surface area (Å²) in [5.41, 5.74) is 0.579. The van der Waals surface area contributed by atoms with Crippen LogP contribution >= 0.6 is 11.6 Å². The number of ketones is 1. The van der Waals surface area contributed by atoms with Gasteiger partial charge in [0, 0.05) is 13.5 Å². The Bertz CT molecular complexity index is 366. The van der Waals surface area contributed by atoms with Gasteiger partial charge in [-0.2, -0.15) is 0 Å². The van der Waals surface area contributed by atoms with E-state index in [1.807, 2.05) is 0 Å². The largest absolute Gasteiger partial charge is 0.369 e. The lowest BCUT2D eigenvalue weighted by atomic mass is 10.0. The molecule has 0 saturated heterocycles. The molecule has 1 aromatic rings. The Balaban J connectivity index is 3.02. The molecule has 0 bridgehead atoms. The topological polar surface area (TPSA) is 26.3 Å². The highest BCUT2D eigenvalue weighted by Gasteiger charge is 2.18. The molecule has 0 radical (unpaired) electrons. The summed E-state index contributed by atoms with van der Waals surface area (Å²) < 4.78 is 17.9. The summed E-state index contributed by atoms with van der Waals surface area (Å²) in [5, 5.41) is -0.00143. The van der Waals surface area contributed by atoms with E-state index in [2.05, 4.69) is 0 Å². The second-order valence-electron chi connectivity index (χ2n) is 3.11. The number of ether oxygens (including phenoxy) is 1. The summed E-state index contributed by atoms with van der Waals surface area (Å²) in [4.78, 5) is 11.5. The summed E-state index contributed by atoms with van der Waals surface area (Å²) in [5.74, 6) is -0.556. The van der Waals surface area contributed by atoms with Crippen molar-refractivity contribution in [3.8, 4) is 0 Å². The van der Waals surface area contributed by atoms with Crippen LogP contribution in [0.1, 0.15) is 25.0 Å². The van der Waals surface area contributed by atoms with Crippen LogP contribution in [0.15, 0.2) is 18.2 Å². The molecule has 0 aliphatic heterocycles. The van der Waals surface area contributed by atoms with Crippen molar-refractivity contribution in [1.29, 1.82) is 0 Å². The first kappa shape index (κ1) is 12.1. The summed E-state index contributed by atoms with van der Waals surface area (Å²) in [6.07, 6.45) is -0.291. The molecule has 0 saturated carbocycles. The van der Waals surface area contributed by atoms with Crippen LogP contribution in [0, 0.1) is 5.82 Å². The normalized spacial score (nSPS) is 12.5. The molecule has 0 aliphatic carbocycles. The zero-order chi connectivity index (χ0) is 11.4. The Morgan fingerprint density at radius 3 is 2.73 bits per heavy atom. The van der Waals surface area contributed by atoms with Gasteiger partial charge in [-0.1, -0.05) is 24.6 Å². The van der Waals surface area contributed by atoms with E-state index in [-0.39, 0.29) is 10.8 Å². The molecule has 0 aliphatic rings. The van der Waals surface area contributed by atoms with Gasteiger partial charge in [-0.25, -0.2) is 4.39 Å². The van der Waals surface area contributed by atoms with E-state index in [1.165, 1.54) is 25.3 Å². The molecule has 2 nitrogen and oxygen atoms in total. The van der Waals surface area contributed by atoms with Crippen molar-refractivity contribution < 1.29 is 13.9 Å². The van der Waals surface area contributed by atoms with Crippen LogP contribution in [0.3, 0.4) is 0 Å². The van der Waals surface area contributed by atoms with E-state index in [1.54, 1.807) is 6.92 Å². The maximum Gasteiger partial charge on any atom is 0.165 e. The Kier molecular flexibility index (Phi) is 4.24. The van der Waals surface area contributed by atoms with Gasteiger partial charge in [0.2, 0.25) is 0 Å². The van der Waals surface area contributed by atoms with Crippen molar-refractivity contribution in [1.82, 2.24) is 0 Å². The zero-order valence-electron chi connectivity index (χ0n) is 8.59. The third-order valence-corrected chi connectivity index (χ3v) is 2.41. The summed E-state index contributed by atoms with van der Waals surface area (Å²) in [6.45, 7) is 1.75. The lowest BCUT2D eigenvalue weighted by molar-refractivity contribution is -0.128. The van der Waals surface area contributed by atoms with E-state index in [9.17, 15) is 9.18 Å². The Morgan fingerprint density at radius 1 is 1.60 bits per heavy atom. The van der Waals surface area contributed by atoms with Crippen LogP contribution in [-0.4, -0.2) is 12.9 Å². The predicted octanol–water partition coefficient (Wildman–Crippen LogP) is 3.15. The molecule has 1 unspecified atom stereocenters. The van der Waals surface area contributed by atoms with Crippen molar-refractivity contribution in [2.75, 3.05) is 7.11 Å². The molecule has 1 aromatic carbocycles. The molecular formula is C11H12ClFO2. The smallest absolute Gasteiger partial charge is 0.165 e. The fraction of sp³-hybridized carbons (Fsp3) is 0.364. The Morgan fingerprint density at radius 2 is 2.27 bits per heavy atom. The molecule has 0 fully saturated rings. The van der Waals surface area contributed by atoms with E-state index >= 15 is 0 Å². The van der Waals surface area contributed by atoms with Crippen molar-refractivity contribution in [2.45, 2.75) is 19.4 Å². The number of Topliss-reactive ketones (excluding diaryl/α,β-unsaturated/α-hetero) is 1. The van der Waals surface area contributed by atoms with Gasteiger partial charge in [0.15, 0.2) is 5.78 Å². The highest BCUT2D eigenvalue weighted by atomic mass is 35.5. The second-order valence-corrected chi connectivity index (χ2v) is 3.52. The highest BCUT2D eigenvalue weighted by molar-refractivity contribution is 6.30. The summed E-state index contributed by atoms with van der Waals surface area (Å²) >= 11 is 5.62. The predicted molar refractivity (Wildman–Crippen MR) is 56.5 cm³/mol. The van der Waals surface area contributed by atoms with Crippen LogP contribution in [0.25, 0.3) is 0 Å². The third kappa shape index (κ3) is 2.76. The maximum atomic E-state index is 12.9. The first-order valence-electron chi connectivity index (χ1n) is 4.60. The third-order valence-electron chi connectivity index (χ3n) is 2.12. The van der Waals surface area contributed by atoms with Gasteiger partial charge in [0.25, 0.3) is 0 Å². The van der Waals surface area contributed by atoms with E-state index in [0.29, 0.717) is 12.0 Å². The van der Waals surface area contributed by atoms with Gasteiger partial charge in [0.05, 0.1) is 5.02 Å². The number of hydrogen-bond donors (Lipinski definition) is 0. The molecule has 82 valence electrons. The van der Waals surface area contributed by atoms with E-state index in [4.69, 9.17) is 16.3 Å². The number of benzene rings is 1. The molecule has 1 atom stereocenters. The summed E-state index contributed by atoms with van der Waals surface area (Å²) in [7, 11) is 1.44. The lowest BCUT2D eigenvalue weighted by Gasteiger charge is -2.13. The fourth-order valence-corrected chi connectivity index (χ4v) is 1.50. The minimum absolute atomic E-state index is 0.00143. The van der Waals surface area contributed by atoms with Crippen LogP contribution < -0.4 is 0 Å². The molecule has 0 aromatic heterocycles. The van der Waals surface area contributed by atoms with Crippen LogP contribution in [0.4, 0.5) is 4.39 Å². The van der Waals surface area contributed by atoms with E-state index in [0.717, 1.165) is 0 Å². The van der Waals surface area contributed by atoms with E-state index < -0.39 is 11.9 Å². The second kappa shape index (κ2) is 5.24. The molecule has 0 heterocycles. The first-order valence-corrected chi connectivity index (χ1v) is 4.98. The molecule has 1 rings (SSSR count).